The first-order valence-corrected chi connectivity index (χ1v) is 10.0. The first kappa shape index (κ1) is 16.9. The van der Waals surface area contributed by atoms with Crippen LogP contribution in [0.15, 0.2) is 30.3 Å². The van der Waals surface area contributed by atoms with Gasteiger partial charge in [0, 0.05) is 0 Å². The van der Waals surface area contributed by atoms with Crippen LogP contribution >= 0.6 is 11.8 Å². The lowest BCUT2D eigenvalue weighted by Gasteiger charge is -2.45. The zero-order valence-corrected chi connectivity index (χ0v) is 15.3. The largest absolute Gasteiger partial charge is 0.165 e. The molecule has 1 heteroatoms. The summed E-state index contributed by atoms with van der Waals surface area (Å²) in [6.45, 7) is 9.02. The third-order valence-electron chi connectivity index (χ3n) is 5.57. The summed E-state index contributed by atoms with van der Waals surface area (Å²) in [6, 6.07) is 11.4. The molecular formula is C20H32S. The SMILES string of the molecule is CC.CSCC1(C)CC2CC(c3ccccc3)(CC2C)C1. The summed E-state index contributed by atoms with van der Waals surface area (Å²) >= 11 is 2.03. The molecule has 1 aromatic rings. The molecule has 2 fully saturated rings. The lowest BCUT2D eigenvalue weighted by Crippen LogP contribution is -2.38. The van der Waals surface area contributed by atoms with Crippen LogP contribution in [-0.2, 0) is 5.41 Å². The molecular weight excluding hydrogens is 272 g/mol. The summed E-state index contributed by atoms with van der Waals surface area (Å²) in [4.78, 5) is 0. The topological polar surface area (TPSA) is 0 Å². The number of hydrogen-bond acceptors (Lipinski definition) is 1. The fourth-order valence-corrected chi connectivity index (χ4v) is 6.01. The molecule has 1 aromatic carbocycles. The molecule has 2 aliphatic carbocycles. The molecule has 2 saturated carbocycles. The Hall–Kier alpha value is -0.430. The number of thioether (sulfide) groups is 1. The van der Waals surface area contributed by atoms with Gasteiger partial charge in [-0.1, -0.05) is 58.0 Å². The van der Waals surface area contributed by atoms with Crippen LogP contribution in [-0.4, -0.2) is 12.0 Å². The zero-order chi connectivity index (χ0) is 15.5. The van der Waals surface area contributed by atoms with Crippen molar-refractivity contribution in [1.29, 1.82) is 0 Å². The quantitative estimate of drug-likeness (QED) is 0.644. The number of rotatable bonds is 3. The second-order valence-corrected chi connectivity index (χ2v) is 8.28. The van der Waals surface area contributed by atoms with E-state index in [-0.39, 0.29) is 0 Å². The molecule has 0 saturated heterocycles. The van der Waals surface area contributed by atoms with E-state index in [0.717, 1.165) is 11.8 Å². The average molecular weight is 305 g/mol. The van der Waals surface area contributed by atoms with Crippen molar-refractivity contribution in [1.82, 2.24) is 0 Å². The summed E-state index contributed by atoms with van der Waals surface area (Å²) in [7, 11) is 0. The van der Waals surface area contributed by atoms with Crippen LogP contribution in [0.1, 0.15) is 58.9 Å². The third-order valence-corrected chi connectivity index (χ3v) is 6.56. The van der Waals surface area contributed by atoms with Gasteiger partial charge in [0.1, 0.15) is 0 Å². The minimum Gasteiger partial charge on any atom is -0.165 e. The Morgan fingerprint density at radius 1 is 1.10 bits per heavy atom. The summed E-state index contributed by atoms with van der Waals surface area (Å²) in [5.41, 5.74) is 2.63. The normalized spacial score (nSPS) is 37.8. The Labute approximate surface area is 136 Å². The molecule has 0 aliphatic heterocycles. The van der Waals surface area contributed by atoms with Crippen molar-refractivity contribution in [2.24, 2.45) is 17.3 Å². The molecule has 0 amide bonds. The molecule has 0 N–H and O–H groups in total. The van der Waals surface area contributed by atoms with Crippen molar-refractivity contribution in [3.8, 4) is 0 Å². The van der Waals surface area contributed by atoms with Gasteiger partial charge in [-0.05, 0) is 65.9 Å². The van der Waals surface area contributed by atoms with Crippen molar-refractivity contribution in [3.63, 3.8) is 0 Å². The summed E-state index contributed by atoms with van der Waals surface area (Å²) < 4.78 is 0. The highest BCUT2D eigenvalue weighted by Crippen LogP contribution is 2.61. The van der Waals surface area contributed by atoms with E-state index in [1.165, 1.54) is 31.4 Å². The molecule has 118 valence electrons. The van der Waals surface area contributed by atoms with Crippen LogP contribution < -0.4 is 0 Å². The van der Waals surface area contributed by atoms with Crippen LogP contribution in [0.3, 0.4) is 0 Å². The minimum atomic E-state index is 0.480. The second-order valence-electron chi connectivity index (χ2n) is 7.42. The predicted octanol–water partition coefficient (Wildman–Crippen LogP) is 6.16. The average Bonchev–Trinajstić information content (AvgIpc) is 2.73. The molecule has 4 unspecified atom stereocenters. The van der Waals surface area contributed by atoms with Crippen LogP contribution in [0.4, 0.5) is 0 Å². The minimum absolute atomic E-state index is 0.480. The maximum atomic E-state index is 2.53. The van der Waals surface area contributed by atoms with Gasteiger partial charge in [-0.2, -0.15) is 11.8 Å². The number of benzene rings is 1. The van der Waals surface area contributed by atoms with Gasteiger partial charge in [0.2, 0.25) is 0 Å². The highest BCUT2D eigenvalue weighted by atomic mass is 32.2. The van der Waals surface area contributed by atoms with E-state index < -0.39 is 0 Å². The van der Waals surface area contributed by atoms with Gasteiger partial charge < -0.3 is 0 Å². The molecule has 2 aliphatic rings. The van der Waals surface area contributed by atoms with Crippen LogP contribution in [0.25, 0.3) is 0 Å². The molecule has 21 heavy (non-hydrogen) atoms. The first-order chi connectivity index (χ1) is 10.1. The van der Waals surface area contributed by atoms with Crippen molar-refractivity contribution < 1.29 is 0 Å². The van der Waals surface area contributed by atoms with E-state index in [1.54, 1.807) is 5.56 Å². The molecule has 4 atom stereocenters. The molecule has 0 aromatic heterocycles. The van der Waals surface area contributed by atoms with Crippen molar-refractivity contribution in [2.75, 3.05) is 12.0 Å². The third kappa shape index (κ3) is 3.33. The predicted molar refractivity (Wildman–Crippen MR) is 97.1 cm³/mol. The Kier molecular flexibility index (Phi) is 5.46. The van der Waals surface area contributed by atoms with Gasteiger partial charge in [0.05, 0.1) is 0 Å². The Morgan fingerprint density at radius 2 is 1.76 bits per heavy atom. The second kappa shape index (κ2) is 6.77. The summed E-state index contributed by atoms with van der Waals surface area (Å²) in [6.07, 6.45) is 7.95. The summed E-state index contributed by atoms with van der Waals surface area (Å²) in [5, 5.41) is 0. The monoisotopic (exact) mass is 304 g/mol. The Morgan fingerprint density at radius 3 is 2.38 bits per heavy atom. The van der Waals surface area contributed by atoms with Crippen LogP contribution in [0, 0.1) is 17.3 Å². The smallest absolute Gasteiger partial charge is 0.00158 e. The van der Waals surface area contributed by atoms with Gasteiger partial charge in [0.15, 0.2) is 0 Å². The molecule has 0 radical (unpaired) electrons. The van der Waals surface area contributed by atoms with E-state index in [0.29, 0.717) is 10.8 Å². The first-order valence-electron chi connectivity index (χ1n) is 8.61. The van der Waals surface area contributed by atoms with Gasteiger partial charge >= 0.3 is 0 Å². The molecule has 2 bridgehead atoms. The van der Waals surface area contributed by atoms with Gasteiger partial charge in [-0.15, -0.1) is 0 Å². The van der Waals surface area contributed by atoms with Gasteiger partial charge in [-0.3, -0.25) is 0 Å². The van der Waals surface area contributed by atoms with Crippen molar-refractivity contribution >= 4 is 11.8 Å². The maximum Gasteiger partial charge on any atom is -0.00158 e. The van der Waals surface area contributed by atoms with Crippen LogP contribution in [0.5, 0.6) is 0 Å². The fraction of sp³-hybridized carbons (Fsp3) is 0.700. The molecule has 0 spiro atoms. The fourth-order valence-electron chi connectivity index (χ4n) is 5.10. The van der Waals surface area contributed by atoms with E-state index >= 15 is 0 Å². The van der Waals surface area contributed by atoms with E-state index in [4.69, 9.17) is 0 Å². The molecule has 0 nitrogen and oxygen atoms in total. The number of hydrogen-bond donors (Lipinski definition) is 0. The van der Waals surface area contributed by atoms with E-state index in [1.807, 2.05) is 25.6 Å². The standard InChI is InChI=1S/C18H26S.C2H6/c1-14-9-18(16-7-5-4-6-8-16)11-15(14)10-17(2,12-18)13-19-3;1-2/h4-8,14-15H,9-13H2,1-3H3;1-2H3. The zero-order valence-electron chi connectivity index (χ0n) is 14.5. The molecule has 0 heterocycles. The highest BCUT2D eigenvalue weighted by Gasteiger charge is 2.53. The van der Waals surface area contributed by atoms with Crippen molar-refractivity contribution in [3.05, 3.63) is 35.9 Å². The lowest BCUT2D eigenvalue weighted by atomic mass is 9.61. The van der Waals surface area contributed by atoms with E-state index in [2.05, 4.69) is 50.4 Å². The summed E-state index contributed by atoms with van der Waals surface area (Å²) in [5.74, 6) is 3.18. The van der Waals surface area contributed by atoms with Gasteiger partial charge in [-0.25, -0.2) is 0 Å². The van der Waals surface area contributed by atoms with Crippen molar-refractivity contribution in [2.45, 2.75) is 58.8 Å². The van der Waals surface area contributed by atoms with E-state index in [9.17, 15) is 0 Å². The highest BCUT2D eigenvalue weighted by molar-refractivity contribution is 7.98. The maximum absolute atomic E-state index is 2.53. The number of fused-ring (bicyclic) bond motifs is 2. The Balaban J connectivity index is 0.000000774. The lowest BCUT2D eigenvalue weighted by molar-refractivity contribution is 0.146. The van der Waals surface area contributed by atoms with Crippen LogP contribution in [0.2, 0.25) is 0 Å². The van der Waals surface area contributed by atoms with Gasteiger partial charge in [0.25, 0.3) is 0 Å². The molecule has 3 rings (SSSR count). The Bertz CT molecular complexity index is 436.